The molecule has 176 valence electrons. The number of amides is 1. The largest absolute Gasteiger partial charge is 0.353 e. The molecule has 0 bridgehead atoms. The number of benzene rings is 1. The molecule has 3 aliphatic rings. The Bertz CT molecular complexity index is 991. The molecule has 0 saturated carbocycles. The fourth-order valence-corrected chi connectivity index (χ4v) is 5.67. The van der Waals surface area contributed by atoms with E-state index in [4.69, 9.17) is 17.3 Å². The number of piperazine rings is 1. The van der Waals surface area contributed by atoms with Gasteiger partial charge >= 0.3 is 0 Å². The van der Waals surface area contributed by atoms with Crippen molar-refractivity contribution in [2.75, 3.05) is 50.7 Å². The summed E-state index contributed by atoms with van der Waals surface area (Å²) in [5, 5.41) is 0.688. The van der Waals surface area contributed by atoms with Crippen LogP contribution in [0.1, 0.15) is 48.4 Å². The monoisotopic (exact) mass is 468 g/mol. The van der Waals surface area contributed by atoms with Gasteiger partial charge in [-0.15, -0.1) is 0 Å². The van der Waals surface area contributed by atoms with E-state index < -0.39 is 0 Å². The first kappa shape index (κ1) is 22.6. The second-order valence-electron chi connectivity index (χ2n) is 9.72. The molecule has 0 spiro atoms. The molecule has 8 heteroatoms. The highest BCUT2D eigenvalue weighted by Gasteiger charge is 2.33. The first-order valence-electron chi connectivity index (χ1n) is 12.1. The number of fused-ring (bicyclic) bond motifs is 1. The van der Waals surface area contributed by atoms with Crippen LogP contribution in [0.5, 0.6) is 0 Å². The molecule has 33 heavy (non-hydrogen) atoms. The number of carbonyl (C=O) groups excluding carboxylic acids is 1. The summed E-state index contributed by atoms with van der Waals surface area (Å²) in [5.74, 6) is 1.55. The van der Waals surface area contributed by atoms with Crippen LogP contribution in [0.4, 0.5) is 5.82 Å². The first-order valence-corrected chi connectivity index (χ1v) is 12.5. The van der Waals surface area contributed by atoms with Gasteiger partial charge in [0.15, 0.2) is 0 Å². The summed E-state index contributed by atoms with van der Waals surface area (Å²) in [4.78, 5) is 29.6. The number of halogens is 1. The zero-order chi connectivity index (χ0) is 22.9. The van der Waals surface area contributed by atoms with Crippen LogP contribution in [0.25, 0.3) is 0 Å². The molecular formula is C25H33ClN6O. The molecule has 1 aromatic carbocycles. The van der Waals surface area contributed by atoms with Crippen LogP contribution in [0.3, 0.4) is 0 Å². The van der Waals surface area contributed by atoms with E-state index in [1.165, 1.54) is 11.3 Å². The Morgan fingerprint density at radius 1 is 1.12 bits per heavy atom. The van der Waals surface area contributed by atoms with E-state index in [1.54, 1.807) is 6.33 Å². The lowest BCUT2D eigenvalue weighted by Crippen LogP contribution is -2.51. The van der Waals surface area contributed by atoms with Gasteiger partial charge in [0.05, 0.1) is 5.92 Å². The van der Waals surface area contributed by atoms with Gasteiger partial charge in [-0.2, -0.15) is 0 Å². The molecule has 3 atom stereocenters. The number of anilines is 1. The molecule has 2 aromatic rings. The molecule has 7 nitrogen and oxygen atoms in total. The topological polar surface area (TPSA) is 78.6 Å². The molecule has 1 amide bonds. The second kappa shape index (κ2) is 9.57. The molecule has 5 rings (SSSR count). The van der Waals surface area contributed by atoms with Crippen LogP contribution in [-0.2, 0) is 11.2 Å². The normalized spacial score (nSPS) is 24.2. The summed E-state index contributed by atoms with van der Waals surface area (Å²) in [6.45, 7) is 7.76. The summed E-state index contributed by atoms with van der Waals surface area (Å²) >= 11 is 6.12. The van der Waals surface area contributed by atoms with Gasteiger partial charge in [0.25, 0.3) is 0 Å². The summed E-state index contributed by atoms with van der Waals surface area (Å²) in [5.41, 5.74) is 9.65. The number of aromatic nitrogens is 2. The van der Waals surface area contributed by atoms with E-state index >= 15 is 0 Å². The summed E-state index contributed by atoms with van der Waals surface area (Å²) < 4.78 is 0. The summed E-state index contributed by atoms with van der Waals surface area (Å²) in [7, 11) is 0. The third-order valence-corrected chi connectivity index (χ3v) is 7.72. The maximum absolute atomic E-state index is 13.7. The van der Waals surface area contributed by atoms with Crippen LogP contribution in [0.2, 0.25) is 5.02 Å². The second-order valence-corrected chi connectivity index (χ2v) is 10.2. The number of nitrogens with zero attached hydrogens (tertiary/aromatic N) is 5. The highest BCUT2D eigenvalue weighted by Crippen LogP contribution is 2.37. The van der Waals surface area contributed by atoms with Crippen LogP contribution in [-0.4, -0.2) is 77.5 Å². The molecule has 2 aliphatic heterocycles. The summed E-state index contributed by atoms with van der Waals surface area (Å²) in [6.07, 6.45) is 4.86. The van der Waals surface area contributed by atoms with E-state index in [0.717, 1.165) is 56.8 Å². The van der Waals surface area contributed by atoms with Crippen molar-refractivity contribution in [2.24, 2.45) is 5.73 Å². The molecular weight excluding hydrogens is 436 g/mol. The number of hydrogen-bond acceptors (Lipinski definition) is 6. The Labute approximate surface area is 200 Å². The van der Waals surface area contributed by atoms with E-state index in [1.807, 2.05) is 29.2 Å². The van der Waals surface area contributed by atoms with E-state index in [9.17, 15) is 4.79 Å². The quantitative estimate of drug-likeness (QED) is 0.726. The number of nitrogens with two attached hydrogens (primary N) is 1. The third-order valence-electron chi connectivity index (χ3n) is 7.46. The van der Waals surface area contributed by atoms with E-state index in [-0.39, 0.29) is 17.9 Å². The van der Waals surface area contributed by atoms with Crippen LogP contribution >= 0.6 is 11.6 Å². The SMILES string of the molecule is C[C@@H]1CCc2ncnc(N3CCN(C(=O)[C@H](CN4CC[C@@H](N)C4)c4ccc(Cl)cc4)CC3)c21. The minimum atomic E-state index is -0.206. The Morgan fingerprint density at radius 3 is 2.58 bits per heavy atom. The minimum Gasteiger partial charge on any atom is -0.353 e. The average Bonchev–Trinajstić information content (AvgIpc) is 3.43. The van der Waals surface area contributed by atoms with Gasteiger partial charge in [0, 0.05) is 61.6 Å². The van der Waals surface area contributed by atoms with E-state index in [2.05, 4.69) is 26.7 Å². The zero-order valence-corrected chi connectivity index (χ0v) is 20.0. The molecule has 3 heterocycles. The van der Waals surface area contributed by atoms with Crippen molar-refractivity contribution >= 4 is 23.3 Å². The number of rotatable bonds is 5. The van der Waals surface area contributed by atoms with Crippen LogP contribution in [0.15, 0.2) is 30.6 Å². The zero-order valence-electron chi connectivity index (χ0n) is 19.3. The van der Waals surface area contributed by atoms with Crippen molar-refractivity contribution in [3.8, 4) is 0 Å². The molecule has 2 fully saturated rings. The Morgan fingerprint density at radius 2 is 1.88 bits per heavy atom. The average molecular weight is 469 g/mol. The van der Waals surface area contributed by atoms with Gasteiger partial charge in [0.2, 0.25) is 5.91 Å². The maximum atomic E-state index is 13.7. The maximum Gasteiger partial charge on any atom is 0.231 e. The molecule has 0 unspecified atom stereocenters. The molecule has 1 aliphatic carbocycles. The number of carbonyl (C=O) groups is 1. The van der Waals surface area contributed by atoms with Gasteiger partial charge in [-0.1, -0.05) is 30.7 Å². The number of likely N-dealkylation sites (tertiary alicyclic amines) is 1. The van der Waals surface area contributed by atoms with Crippen molar-refractivity contribution in [1.82, 2.24) is 19.8 Å². The Balaban J connectivity index is 1.30. The minimum absolute atomic E-state index is 0.193. The molecule has 2 N–H and O–H groups in total. The van der Waals surface area contributed by atoms with Crippen LogP contribution < -0.4 is 10.6 Å². The van der Waals surface area contributed by atoms with Crippen molar-refractivity contribution in [1.29, 1.82) is 0 Å². The lowest BCUT2D eigenvalue weighted by molar-refractivity contribution is -0.133. The predicted octanol–water partition coefficient (Wildman–Crippen LogP) is 2.65. The lowest BCUT2D eigenvalue weighted by Gasteiger charge is -2.38. The summed E-state index contributed by atoms with van der Waals surface area (Å²) in [6, 6.07) is 7.93. The number of hydrogen-bond donors (Lipinski definition) is 1. The van der Waals surface area contributed by atoms with Crippen molar-refractivity contribution < 1.29 is 4.79 Å². The van der Waals surface area contributed by atoms with E-state index in [0.29, 0.717) is 30.6 Å². The third kappa shape index (κ3) is 4.72. The Kier molecular flexibility index (Phi) is 6.54. The highest BCUT2D eigenvalue weighted by molar-refractivity contribution is 6.30. The molecule has 1 aromatic heterocycles. The molecule has 2 saturated heterocycles. The smallest absolute Gasteiger partial charge is 0.231 e. The van der Waals surface area contributed by atoms with Gasteiger partial charge in [-0.25, -0.2) is 9.97 Å². The fourth-order valence-electron chi connectivity index (χ4n) is 5.54. The van der Waals surface area contributed by atoms with Crippen LogP contribution in [0, 0.1) is 0 Å². The van der Waals surface area contributed by atoms with Gasteiger partial charge in [0.1, 0.15) is 12.1 Å². The fraction of sp³-hybridized carbons (Fsp3) is 0.560. The predicted molar refractivity (Wildman–Crippen MR) is 131 cm³/mol. The highest BCUT2D eigenvalue weighted by atomic mass is 35.5. The van der Waals surface area contributed by atoms with Crippen molar-refractivity contribution in [3.05, 3.63) is 52.4 Å². The molecule has 0 radical (unpaired) electrons. The lowest BCUT2D eigenvalue weighted by atomic mass is 9.96. The van der Waals surface area contributed by atoms with Gasteiger partial charge in [-0.3, -0.25) is 4.79 Å². The number of aryl methyl sites for hydroxylation is 1. The Hall–Kier alpha value is -2.22. The van der Waals surface area contributed by atoms with Crippen molar-refractivity contribution in [3.63, 3.8) is 0 Å². The van der Waals surface area contributed by atoms with Crippen molar-refractivity contribution in [2.45, 2.75) is 44.1 Å². The first-order chi connectivity index (χ1) is 16.0. The van der Waals surface area contributed by atoms with Gasteiger partial charge in [-0.05, 0) is 49.4 Å². The standard InChI is InChI=1S/C25H33ClN6O/c1-17-2-7-22-23(17)24(29-16-28-22)31-10-12-32(13-11-31)25(33)21(15-30-9-8-20(27)14-30)18-3-5-19(26)6-4-18/h3-6,16-17,20-21H,2,7-15,27H2,1H3/t17-,20-,21-/m1/s1. The van der Waals surface area contributed by atoms with Gasteiger partial charge < -0.3 is 20.4 Å².